The fraction of sp³-hybridized carbons (Fsp3) is 0.444. The van der Waals surface area contributed by atoms with Crippen molar-refractivity contribution in [3.63, 3.8) is 0 Å². The van der Waals surface area contributed by atoms with Gasteiger partial charge < -0.3 is 16.2 Å². The van der Waals surface area contributed by atoms with Crippen LogP contribution in [0.3, 0.4) is 0 Å². The minimum Gasteiger partial charge on any atom is -0.394 e. The molecule has 0 bridgehead atoms. The summed E-state index contributed by atoms with van der Waals surface area (Å²) in [5, 5.41) is 12.2. The Morgan fingerprint density at radius 2 is 2.38 bits per heavy atom. The van der Waals surface area contributed by atoms with Gasteiger partial charge in [-0.25, -0.2) is 4.98 Å². The molecule has 2 rings (SSSR count). The first-order valence-corrected chi connectivity index (χ1v) is 5.15. The second kappa shape index (κ2) is 3.88. The first kappa shape index (κ1) is 11.1. The number of anilines is 1. The van der Waals surface area contributed by atoms with E-state index >= 15 is 0 Å². The Kier molecular flexibility index (Phi) is 2.69. The van der Waals surface area contributed by atoms with Gasteiger partial charge >= 0.3 is 0 Å². The fourth-order valence-corrected chi connectivity index (χ4v) is 1.49. The van der Waals surface area contributed by atoms with E-state index in [1.165, 1.54) is 6.20 Å². The summed E-state index contributed by atoms with van der Waals surface area (Å²) in [6, 6.07) is 0. The van der Waals surface area contributed by atoms with Crippen LogP contribution >= 0.6 is 11.6 Å². The summed E-state index contributed by atoms with van der Waals surface area (Å²) in [4.78, 5) is 18.7. The number of hydrogen-bond donors (Lipinski definition) is 3. The summed E-state index contributed by atoms with van der Waals surface area (Å²) in [6.45, 7) is -0.0210. The number of halogens is 1. The first-order valence-electron chi connectivity index (χ1n) is 4.78. The monoisotopic (exact) mass is 242 g/mol. The van der Waals surface area contributed by atoms with Crippen LogP contribution in [0.2, 0.25) is 5.28 Å². The number of primary amides is 1. The van der Waals surface area contributed by atoms with Crippen molar-refractivity contribution >= 4 is 23.3 Å². The average Bonchev–Trinajstić information content (AvgIpc) is 2.98. The molecule has 1 fully saturated rings. The van der Waals surface area contributed by atoms with Crippen LogP contribution in [0.4, 0.5) is 5.82 Å². The van der Waals surface area contributed by atoms with Crippen LogP contribution in [-0.4, -0.2) is 33.1 Å². The minimum atomic E-state index is -0.632. The maximum Gasteiger partial charge on any atom is 0.254 e. The summed E-state index contributed by atoms with van der Waals surface area (Å²) in [6.07, 6.45) is 2.92. The zero-order chi connectivity index (χ0) is 11.8. The molecule has 0 saturated heterocycles. The molecule has 1 aromatic heterocycles. The fourth-order valence-electron chi connectivity index (χ4n) is 1.36. The molecule has 4 N–H and O–H groups in total. The van der Waals surface area contributed by atoms with Gasteiger partial charge in [0.05, 0.1) is 17.7 Å². The third kappa shape index (κ3) is 2.07. The van der Waals surface area contributed by atoms with Gasteiger partial charge in [0.25, 0.3) is 5.91 Å². The van der Waals surface area contributed by atoms with Crippen molar-refractivity contribution < 1.29 is 9.90 Å². The molecule has 0 unspecified atom stereocenters. The predicted octanol–water partition coefficient (Wildman–Crippen LogP) is 0.166. The second-order valence-corrected chi connectivity index (χ2v) is 4.17. The van der Waals surface area contributed by atoms with Gasteiger partial charge in [-0.15, -0.1) is 0 Å². The van der Waals surface area contributed by atoms with Crippen molar-refractivity contribution in [1.29, 1.82) is 0 Å². The lowest BCUT2D eigenvalue weighted by atomic mass is 10.2. The number of aliphatic hydroxyl groups is 1. The lowest BCUT2D eigenvalue weighted by Crippen LogP contribution is -2.28. The molecule has 16 heavy (non-hydrogen) atoms. The summed E-state index contributed by atoms with van der Waals surface area (Å²) in [5.74, 6) is -0.355. The maximum atomic E-state index is 11.1. The topological polar surface area (TPSA) is 101 Å². The molecule has 0 radical (unpaired) electrons. The predicted molar refractivity (Wildman–Crippen MR) is 58.2 cm³/mol. The third-order valence-electron chi connectivity index (χ3n) is 2.56. The third-order valence-corrected chi connectivity index (χ3v) is 2.75. The van der Waals surface area contributed by atoms with Gasteiger partial charge in [-0.2, -0.15) is 4.98 Å². The van der Waals surface area contributed by atoms with Crippen molar-refractivity contribution in [3.05, 3.63) is 17.0 Å². The van der Waals surface area contributed by atoms with E-state index < -0.39 is 5.91 Å². The quantitative estimate of drug-likeness (QED) is 0.653. The molecule has 7 heteroatoms. The molecule has 1 amide bonds. The van der Waals surface area contributed by atoms with Crippen molar-refractivity contribution in [2.75, 3.05) is 11.9 Å². The van der Waals surface area contributed by atoms with Gasteiger partial charge in [-0.3, -0.25) is 4.79 Å². The van der Waals surface area contributed by atoms with Crippen LogP contribution in [-0.2, 0) is 0 Å². The molecule has 1 aliphatic rings. The molecule has 1 aliphatic carbocycles. The first-order chi connectivity index (χ1) is 7.56. The van der Waals surface area contributed by atoms with Crippen LogP contribution < -0.4 is 11.1 Å². The largest absolute Gasteiger partial charge is 0.394 e. The summed E-state index contributed by atoms with van der Waals surface area (Å²) in [7, 11) is 0. The van der Waals surface area contributed by atoms with E-state index in [9.17, 15) is 4.79 Å². The number of hydrogen-bond acceptors (Lipinski definition) is 5. The Labute approximate surface area is 96.8 Å². The molecule has 0 aromatic carbocycles. The lowest BCUT2D eigenvalue weighted by Gasteiger charge is -2.16. The number of carbonyl (C=O) groups excluding carboxylic acids is 1. The van der Waals surface area contributed by atoms with Gasteiger partial charge in [0.2, 0.25) is 5.28 Å². The molecule has 0 atom stereocenters. The zero-order valence-electron chi connectivity index (χ0n) is 8.40. The molecule has 6 nitrogen and oxygen atoms in total. The highest BCUT2D eigenvalue weighted by Crippen LogP contribution is 2.38. The van der Waals surface area contributed by atoms with Crippen molar-refractivity contribution in [2.45, 2.75) is 18.4 Å². The number of nitrogens with two attached hydrogens (primary N) is 1. The molecule has 1 heterocycles. The zero-order valence-corrected chi connectivity index (χ0v) is 9.16. The Morgan fingerprint density at radius 3 is 2.88 bits per heavy atom. The van der Waals surface area contributed by atoms with E-state index in [0.717, 1.165) is 12.8 Å². The van der Waals surface area contributed by atoms with E-state index in [2.05, 4.69) is 15.3 Å². The van der Waals surface area contributed by atoms with Crippen molar-refractivity contribution in [2.24, 2.45) is 5.73 Å². The van der Waals surface area contributed by atoms with Crippen LogP contribution in [0.25, 0.3) is 0 Å². The van der Waals surface area contributed by atoms with Crippen LogP contribution in [0, 0.1) is 0 Å². The van der Waals surface area contributed by atoms with Crippen LogP contribution in [0.5, 0.6) is 0 Å². The van der Waals surface area contributed by atoms with Gasteiger partial charge in [-0.1, -0.05) is 0 Å². The summed E-state index contributed by atoms with van der Waals surface area (Å²) >= 11 is 5.64. The molecule has 0 aliphatic heterocycles. The number of nitrogens with zero attached hydrogens (tertiary/aromatic N) is 2. The Hall–Kier alpha value is -1.40. The van der Waals surface area contributed by atoms with Crippen molar-refractivity contribution in [1.82, 2.24) is 9.97 Å². The highest BCUT2D eigenvalue weighted by Gasteiger charge is 2.43. The SMILES string of the molecule is NC(=O)c1cnc(Cl)nc1NC1(CO)CC1. The van der Waals surface area contributed by atoms with Gasteiger partial charge in [0.1, 0.15) is 5.82 Å². The Morgan fingerprint density at radius 1 is 1.69 bits per heavy atom. The maximum absolute atomic E-state index is 11.1. The normalized spacial score (nSPS) is 16.9. The number of amides is 1. The molecule has 86 valence electrons. The highest BCUT2D eigenvalue weighted by molar-refractivity contribution is 6.28. The Balaban J connectivity index is 2.31. The van der Waals surface area contributed by atoms with Crippen LogP contribution in [0.1, 0.15) is 23.2 Å². The smallest absolute Gasteiger partial charge is 0.254 e. The number of nitrogens with one attached hydrogen (secondary N) is 1. The number of aromatic nitrogens is 2. The van der Waals surface area contributed by atoms with E-state index in [-0.39, 0.29) is 28.8 Å². The van der Waals surface area contributed by atoms with Gasteiger partial charge in [0.15, 0.2) is 0 Å². The number of rotatable bonds is 4. The summed E-state index contributed by atoms with van der Waals surface area (Å²) < 4.78 is 0. The summed E-state index contributed by atoms with van der Waals surface area (Å²) in [5.41, 5.74) is 4.96. The molecule has 1 aromatic rings. The van der Waals surface area contributed by atoms with E-state index in [1.54, 1.807) is 0 Å². The highest BCUT2D eigenvalue weighted by atomic mass is 35.5. The molecular formula is C9H11ClN4O2. The van der Waals surface area contributed by atoms with E-state index in [1.807, 2.05) is 0 Å². The molecular weight excluding hydrogens is 232 g/mol. The average molecular weight is 243 g/mol. The molecule has 0 spiro atoms. The number of aliphatic hydroxyl groups excluding tert-OH is 1. The molecule has 1 saturated carbocycles. The number of carbonyl (C=O) groups is 1. The lowest BCUT2D eigenvalue weighted by molar-refractivity contribution is 0.100. The van der Waals surface area contributed by atoms with E-state index in [4.69, 9.17) is 22.4 Å². The van der Waals surface area contributed by atoms with E-state index in [0.29, 0.717) is 0 Å². The van der Waals surface area contributed by atoms with Gasteiger partial charge in [-0.05, 0) is 24.4 Å². The standard InChI is InChI=1S/C9H11ClN4O2/c10-8-12-3-5(6(11)16)7(13-8)14-9(4-15)1-2-9/h3,15H,1-2,4H2,(H2,11,16)(H,12,13,14). The van der Waals surface area contributed by atoms with Crippen LogP contribution in [0.15, 0.2) is 6.20 Å². The van der Waals surface area contributed by atoms with Crippen molar-refractivity contribution in [3.8, 4) is 0 Å². The van der Waals surface area contributed by atoms with Gasteiger partial charge in [0, 0.05) is 6.20 Å². The Bertz CT molecular complexity index is 434. The minimum absolute atomic E-state index is 0.0210. The second-order valence-electron chi connectivity index (χ2n) is 3.83.